The molecule has 0 aromatic carbocycles. The summed E-state index contributed by atoms with van der Waals surface area (Å²) in [6.45, 7) is 0.240. The maximum Gasteiger partial charge on any atom is 0.322 e. The quantitative estimate of drug-likeness (QED) is 0.709. The van der Waals surface area contributed by atoms with E-state index < -0.39 is 5.97 Å². The Morgan fingerprint density at radius 2 is 2.35 bits per heavy atom. The van der Waals surface area contributed by atoms with Crippen molar-refractivity contribution in [3.8, 4) is 0 Å². The molecular formula is C10H14N4O3. The van der Waals surface area contributed by atoms with Crippen molar-refractivity contribution in [1.29, 1.82) is 0 Å². The lowest BCUT2D eigenvalue weighted by molar-refractivity contribution is -0.137. The number of H-pyrrole nitrogens is 1. The minimum absolute atomic E-state index is 0.0324. The molecular weight excluding hydrogens is 224 g/mol. The molecule has 1 aliphatic carbocycles. The van der Waals surface area contributed by atoms with E-state index in [0.29, 0.717) is 5.69 Å². The third-order valence-electron chi connectivity index (χ3n) is 2.56. The fraction of sp³-hybridized carbons (Fsp3) is 0.500. The molecule has 2 amide bonds. The van der Waals surface area contributed by atoms with E-state index in [1.165, 1.54) is 6.20 Å². The lowest BCUT2D eigenvalue weighted by Gasteiger charge is -2.21. The Hall–Kier alpha value is -2.05. The molecule has 7 heteroatoms. The summed E-state index contributed by atoms with van der Waals surface area (Å²) in [5.74, 6) is -0.897. The van der Waals surface area contributed by atoms with Crippen molar-refractivity contribution in [2.75, 3.05) is 11.9 Å². The second-order valence-electron chi connectivity index (χ2n) is 3.99. The summed E-state index contributed by atoms with van der Waals surface area (Å²) in [6.07, 6.45) is 4.92. The SMILES string of the molecule is O=C(O)CCN(C(=O)Nc1cn[nH]c1)C1CC1. The largest absolute Gasteiger partial charge is 0.481 e. The lowest BCUT2D eigenvalue weighted by Crippen LogP contribution is -2.38. The molecule has 0 spiro atoms. The highest BCUT2D eigenvalue weighted by atomic mass is 16.4. The van der Waals surface area contributed by atoms with Crippen molar-refractivity contribution < 1.29 is 14.7 Å². The van der Waals surface area contributed by atoms with E-state index in [1.807, 2.05) is 0 Å². The number of hydrogen-bond donors (Lipinski definition) is 3. The predicted octanol–water partition coefficient (Wildman–Crippen LogP) is 0.881. The van der Waals surface area contributed by atoms with Gasteiger partial charge in [-0.1, -0.05) is 0 Å². The van der Waals surface area contributed by atoms with Crippen LogP contribution in [0.15, 0.2) is 12.4 Å². The Balaban J connectivity index is 1.91. The molecule has 1 aromatic heterocycles. The Morgan fingerprint density at radius 1 is 1.59 bits per heavy atom. The topological polar surface area (TPSA) is 98.3 Å². The normalized spacial score (nSPS) is 14.4. The first-order chi connectivity index (χ1) is 8.16. The second-order valence-corrected chi connectivity index (χ2v) is 3.99. The molecule has 0 bridgehead atoms. The van der Waals surface area contributed by atoms with Gasteiger partial charge in [0.25, 0.3) is 0 Å². The molecule has 1 aromatic rings. The maximum atomic E-state index is 11.9. The number of rotatable bonds is 5. The van der Waals surface area contributed by atoms with Gasteiger partial charge in [0.05, 0.1) is 18.3 Å². The van der Waals surface area contributed by atoms with Crippen molar-refractivity contribution in [2.24, 2.45) is 0 Å². The van der Waals surface area contributed by atoms with Crippen molar-refractivity contribution in [3.05, 3.63) is 12.4 Å². The van der Waals surface area contributed by atoms with Gasteiger partial charge >= 0.3 is 12.0 Å². The highest BCUT2D eigenvalue weighted by Gasteiger charge is 2.32. The highest BCUT2D eigenvalue weighted by molar-refractivity contribution is 5.89. The molecule has 0 saturated heterocycles. The van der Waals surface area contributed by atoms with Crippen LogP contribution in [-0.2, 0) is 4.79 Å². The molecule has 1 fully saturated rings. The summed E-state index contributed by atoms with van der Waals surface area (Å²) in [5, 5.41) is 17.6. The van der Waals surface area contributed by atoms with Crippen LogP contribution in [0.25, 0.3) is 0 Å². The zero-order valence-corrected chi connectivity index (χ0v) is 9.22. The van der Waals surface area contributed by atoms with E-state index in [-0.39, 0.29) is 25.0 Å². The number of carbonyl (C=O) groups excluding carboxylic acids is 1. The fourth-order valence-corrected chi connectivity index (χ4v) is 1.57. The molecule has 2 rings (SSSR count). The number of carboxylic acids is 1. The number of hydrogen-bond acceptors (Lipinski definition) is 3. The third-order valence-corrected chi connectivity index (χ3v) is 2.56. The zero-order valence-electron chi connectivity index (χ0n) is 9.22. The first kappa shape index (κ1) is 11.4. The van der Waals surface area contributed by atoms with E-state index >= 15 is 0 Å². The van der Waals surface area contributed by atoms with Crippen LogP contribution < -0.4 is 5.32 Å². The van der Waals surface area contributed by atoms with Crippen molar-refractivity contribution in [3.63, 3.8) is 0 Å². The van der Waals surface area contributed by atoms with Crippen LogP contribution in [0.1, 0.15) is 19.3 Å². The van der Waals surface area contributed by atoms with Crippen LogP contribution in [0.4, 0.5) is 10.5 Å². The van der Waals surface area contributed by atoms with E-state index in [4.69, 9.17) is 5.11 Å². The zero-order chi connectivity index (χ0) is 12.3. The molecule has 1 saturated carbocycles. The smallest absolute Gasteiger partial charge is 0.322 e. The summed E-state index contributed by atoms with van der Waals surface area (Å²) in [6, 6.07) is -0.0867. The molecule has 3 N–H and O–H groups in total. The molecule has 0 radical (unpaired) electrons. The van der Waals surface area contributed by atoms with Gasteiger partial charge in [-0.05, 0) is 12.8 Å². The van der Waals surface area contributed by atoms with Gasteiger partial charge in [-0.2, -0.15) is 5.10 Å². The number of nitrogens with one attached hydrogen (secondary N) is 2. The van der Waals surface area contributed by atoms with Crippen molar-refractivity contribution >= 4 is 17.7 Å². The summed E-state index contributed by atoms with van der Waals surface area (Å²) in [5.41, 5.74) is 0.580. The number of anilines is 1. The first-order valence-electron chi connectivity index (χ1n) is 5.45. The van der Waals surface area contributed by atoms with E-state index in [0.717, 1.165) is 12.8 Å². The van der Waals surface area contributed by atoms with Crippen LogP contribution in [-0.4, -0.2) is 44.8 Å². The minimum atomic E-state index is -0.897. The standard InChI is InChI=1S/C10H14N4O3/c15-9(16)3-4-14(8-1-2-8)10(17)13-7-5-11-12-6-7/h5-6,8H,1-4H2,(H,11,12)(H,13,17)(H,15,16). The number of carboxylic acid groups (broad SMARTS) is 1. The van der Waals surface area contributed by atoms with Crippen LogP contribution >= 0.6 is 0 Å². The Kier molecular flexibility index (Phi) is 3.27. The van der Waals surface area contributed by atoms with Crippen LogP contribution in [0.5, 0.6) is 0 Å². The van der Waals surface area contributed by atoms with Crippen LogP contribution in [0.3, 0.4) is 0 Å². The number of aliphatic carboxylic acids is 1. The number of aromatic amines is 1. The van der Waals surface area contributed by atoms with Gasteiger partial charge < -0.3 is 15.3 Å². The van der Waals surface area contributed by atoms with Crippen molar-refractivity contribution in [2.45, 2.75) is 25.3 Å². The number of aromatic nitrogens is 2. The van der Waals surface area contributed by atoms with E-state index in [2.05, 4.69) is 15.5 Å². The van der Waals surface area contributed by atoms with Crippen molar-refractivity contribution in [1.82, 2.24) is 15.1 Å². The first-order valence-corrected chi connectivity index (χ1v) is 5.45. The molecule has 92 valence electrons. The Bertz CT molecular complexity index is 400. The number of nitrogens with zero attached hydrogens (tertiary/aromatic N) is 2. The van der Waals surface area contributed by atoms with Gasteiger partial charge in [-0.15, -0.1) is 0 Å². The Labute approximate surface area is 97.8 Å². The van der Waals surface area contributed by atoms with Gasteiger partial charge in [0, 0.05) is 18.8 Å². The lowest BCUT2D eigenvalue weighted by atomic mass is 10.4. The third kappa shape index (κ3) is 3.20. The fourth-order valence-electron chi connectivity index (χ4n) is 1.57. The number of carbonyl (C=O) groups is 2. The van der Waals surface area contributed by atoms with Crippen LogP contribution in [0, 0.1) is 0 Å². The molecule has 0 unspecified atom stereocenters. The number of urea groups is 1. The maximum absolute atomic E-state index is 11.9. The highest BCUT2D eigenvalue weighted by Crippen LogP contribution is 2.27. The van der Waals surface area contributed by atoms with Gasteiger partial charge in [-0.3, -0.25) is 9.89 Å². The van der Waals surface area contributed by atoms with Gasteiger partial charge in [-0.25, -0.2) is 4.79 Å². The monoisotopic (exact) mass is 238 g/mol. The molecule has 0 atom stereocenters. The molecule has 1 aliphatic rings. The molecule has 1 heterocycles. The van der Waals surface area contributed by atoms with E-state index in [9.17, 15) is 9.59 Å². The summed E-state index contributed by atoms with van der Waals surface area (Å²) in [7, 11) is 0. The molecule has 17 heavy (non-hydrogen) atoms. The predicted molar refractivity (Wildman–Crippen MR) is 59.6 cm³/mol. The number of amides is 2. The average molecular weight is 238 g/mol. The average Bonchev–Trinajstić information content (AvgIpc) is 2.97. The Morgan fingerprint density at radius 3 is 2.88 bits per heavy atom. The summed E-state index contributed by atoms with van der Waals surface area (Å²) in [4.78, 5) is 24.0. The minimum Gasteiger partial charge on any atom is -0.481 e. The van der Waals surface area contributed by atoms with Gasteiger partial charge in [0.2, 0.25) is 0 Å². The second kappa shape index (κ2) is 4.86. The van der Waals surface area contributed by atoms with Gasteiger partial charge in [0.15, 0.2) is 0 Å². The van der Waals surface area contributed by atoms with E-state index in [1.54, 1.807) is 11.1 Å². The summed E-state index contributed by atoms with van der Waals surface area (Å²) >= 11 is 0. The van der Waals surface area contributed by atoms with Crippen LogP contribution in [0.2, 0.25) is 0 Å². The molecule has 7 nitrogen and oxygen atoms in total. The van der Waals surface area contributed by atoms with Gasteiger partial charge in [0.1, 0.15) is 0 Å². The summed E-state index contributed by atoms with van der Waals surface area (Å²) < 4.78 is 0. The molecule has 0 aliphatic heterocycles.